The fraction of sp³-hybridized carbons (Fsp3) is 0.727. The van der Waals surface area contributed by atoms with Gasteiger partial charge < -0.3 is 5.73 Å². The molecule has 4 heteroatoms. The summed E-state index contributed by atoms with van der Waals surface area (Å²) in [6.07, 6.45) is 4.44. The Morgan fingerprint density at radius 1 is 1.73 bits per heavy atom. The molecule has 2 rings (SSSR count). The van der Waals surface area contributed by atoms with E-state index in [9.17, 15) is 0 Å². The molecule has 0 spiro atoms. The third-order valence-electron chi connectivity index (χ3n) is 3.13. The Balaban J connectivity index is 1.88. The summed E-state index contributed by atoms with van der Waals surface area (Å²) in [6.45, 7) is 5.46. The van der Waals surface area contributed by atoms with Crippen molar-refractivity contribution in [3.05, 3.63) is 16.6 Å². The first kappa shape index (κ1) is 11.0. The minimum absolute atomic E-state index is 0.323. The number of rotatable bonds is 3. The van der Waals surface area contributed by atoms with E-state index in [1.165, 1.54) is 24.4 Å². The fourth-order valence-electron chi connectivity index (χ4n) is 2.19. The van der Waals surface area contributed by atoms with Crippen molar-refractivity contribution in [1.82, 2.24) is 9.88 Å². The number of aromatic nitrogens is 1. The van der Waals surface area contributed by atoms with Gasteiger partial charge >= 0.3 is 0 Å². The molecule has 1 aliphatic heterocycles. The molecule has 3 nitrogen and oxygen atoms in total. The minimum atomic E-state index is 0.323. The molecule has 1 aromatic rings. The molecule has 0 amide bonds. The predicted octanol–water partition coefficient (Wildman–Crippen LogP) is 1.70. The van der Waals surface area contributed by atoms with Gasteiger partial charge in [0.25, 0.3) is 0 Å². The van der Waals surface area contributed by atoms with Crippen LogP contribution in [-0.2, 0) is 6.54 Å². The van der Waals surface area contributed by atoms with Crippen LogP contribution in [0, 0.1) is 5.92 Å². The Labute approximate surface area is 95.3 Å². The van der Waals surface area contributed by atoms with Crippen molar-refractivity contribution in [2.75, 3.05) is 13.1 Å². The average Bonchev–Trinajstić information content (AvgIpc) is 2.71. The lowest BCUT2D eigenvalue weighted by Gasteiger charge is -2.34. The van der Waals surface area contributed by atoms with Gasteiger partial charge in [-0.3, -0.25) is 4.90 Å². The maximum atomic E-state index is 5.96. The van der Waals surface area contributed by atoms with E-state index in [2.05, 4.69) is 16.8 Å². The summed E-state index contributed by atoms with van der Waals surface area (Å²) in [6, 6.07) is 0.323. The number of piperidine rings is 1. The SMILES string of the molecule is CC(N)C1CCCN(Cc2nccs2)C1. The van der Waals surface area contributed by atoms with Gasteiger partial charge in [0.05, 0.1) is 6.54 Å². The minimum Gasteiger partial charge on any atom is -0.328 e. The monoisotopic (exact) mass is 225 g/mol. The van der Waals surface area contributed by atoms with Crippen LogP contribution in [0.25, 0.3) is 0 Å². The second-order valence-corrected chi connectivity index (χ2v) is 5.40. The van der Waals surface area contributed by atoms with E-state index in [4.69, 9.17) is 5.73 Å². The van der Waals surface area contributed by atoms with Gasteiger partial charge in [-0.15, -0.1) is 11.3 Å². The smallest absolute Gasteiger partial charge is 0.107 e. The van der Waals surface area contributed by atoms with Crippen LogP contribution in [-0.4, -0.2) is 29.0 Å². The predicted molar refractivity (Wildman–Crippen MR) is 63.8 cm³/mol. The van der Waals surface area contributed by atoms with E-state index < -0.39 is 0 Å². The van der Waals surface area contributed by atoms with E-state index in [1.807, 2.05) is 11.6 Å². The molecule has 0 radical (unpaired) electrons. The molecule has 0 aromatic carbocycles. The van der Waals surface area contributed by atoms with Gasteiger partial charge in [-0.1, -0.05) is 0 Å². The summed E-state index contributed by atoms with van der Waals surface area (Å²) < 4.78 is 0. The van der Waals surface area contributed by atoms with Crippen molar-refractivity contribution >= 4 is 11.3 Å². The summed E-state index contributed by atoms with van der Waals surface area (Å²) in [5.74, 6) is 0.665. The van der Waals surface area contributed by atoms with E-state index in [0.717, 1.165) is 13.1 Å². The highest BCUT2D eigenvalue weighted by Crippen LogP contribution is 2.20. The van der Waals surface area contributed by atoms with Crippen LogP contribution >= 0.6 is 11.3 Å². The zero-order chi connectivity index (χ0) is 10.7. The Morgan fingerprint density at radius 3 is 3.27 bits per heavy atom. The van der Waals surface area contributed by atoms with Crippen molar-refractivity contribution in [3.63, 3.8) is 0 Å². The average molecular weight is 225 g/mol. The van der Waals surface area contributed by atoms with Crippen molar-refractivity contribution < 1.29 is 0 Å². The number of nitrogens with two attached hydrogens (primary N) is 1. The van der Waals surface area contributed by atoms with Gasteiger partial charge in [0.2, 0.25) is 0 Å². The Bertz CT molecular complexity index is 284. The molecule has 2 N–H and O–H groups in total. The van der Waals surface area contributed by atoms with Crippen LogP contribution < -0.4 is 5.73 Å². The topological polar surface area (TPSA) is 42.1 Å². The zero-order valence-electron chi connectivity index (χ0n) is 9.22. The summed E-state index contributed by atoms with van der Waals surface area (Å²) in [5.41, 5.74) is 5.96. The van der Waals surface area contributed by atoms with Crippen molar-refractivity contribution in [3.8, 4) is 0 Å². The van der Waals surface area contributed by atoms with Crippen molar-refractivity contribution in [2.45, 2.75) is 32.4 Å². The molecule has 1 fully saturated rings. The standard InChI is InChI=1S/C11H19N3S/c1-9(12)10-3-2-5-14(7-10)8-11-13-4-6-15-11/h4,6,9-10H,2-3,5,7-8,12H2,1H3. The maximum Gasteiger partial charge on any atom is 0.107 e. The molecule has 0 bridgehead atoms. The molecule has 1 aliphatic rings. The van der Waals surface area contributed by atoms with Crippen LogP contribution in [0.2, 0.25) is 0 Å². The van der Waals surface area contributed by atoms with E-state index >= 15 is 0 Å². The summed E-state index contributed by atoms with van der Waals surface area (Å²) in [7, 11) is 0. The number of thiazole rings is 1. The number of hydrogen-bond acceptors (Lipinski definition) is 4. The van der Waals surface area contributed by atoms with Crippen LogP contribution in [0.3, 0.4) is 0 Å². The summed E-state index contributed by atoms with van der Waals surface area (Å²) in [4.78, 5) is 6.81. The van der Waals surface area contributed by atoms with Gasteiger partial charge in [0.15, 0.2) is 0 Å². The number of nitrogens with zero attached hydrogens (tertiary/aromatic N) is 2. The fourth-order valence-corrected chi connectivity index (χ4v) is 2.84. The number of hydrogen-bond donors (Lipinski definition) is 1. The van der Waals surface area contributed by atoms with E-state index in [1.54, 1.807) is 11.3 Å². The van der Waals surface area contributed by atoms with E-state index in [-0.39, 0.29) is 0 Å². The van der Waals surface area contributed by atoms with Crippen LogP contribution in [0.4, 0.5) is 0 Å². The van der Waals surface area contributed by atoms with Gasteiger partial charge in [0.1, 0.15) is 5.01 Å². The highest BCUT2D eigenvalue weighted by atomic mass is 32.1. The molecule has 84 valence electrons. The quantitative estimate of drug-likeness (QED) is 0.851. The third kappa shape index (κ3) is 3.00. The Morgan fingerprint density at radius 2 is 2.60 bits per heavy atom. The molecule has 15 heavy (non-hydrogen) atoms. The highest BCUT2D eigenvalue weighted by Gasteiger charge is 2.22. The normalized spacial score (nSPS) is 25.3. The van der Waals surface area contributed by atoms with Crippen LogP contribution in [0.5, 0.6) is 0 Å². The van der Waals surface area contributed by atoms with Gasteiger partial charge in [-0.2, -0.15) is 0 Å². The Hall–Kier alpha value is -0.450. The second-order valence-electron chi connectivity index (χ2n) is 4.42. The van der Waals surface area contributed by atoms with Crippen molar-refractivity contribution in [2.24, 2.45) is 11.7 Å². The summed E-state index contributed by atoms with van der Waals surface area (Å²) >= 11 is 1.74. The van der Waals surface area contributed by atoms with Gasteiger partial charge in [-0.05, 0) is 32.2 Å². The molecule has 2 atom stereocenters. The van der Waals surface area contributed by atoms with Gasteiger partial charge in [0, 0.05) is 24.2 Å². The first-order chi connectivity index (χ1) is 7.25. The van der Waals surface area contributed by atoms with Gasteiger partial charge in [-0.25, -0.2) is 4.98 Å². The molecule has 1 aromatic heterocycles. The highest BCUT2D eigenvalue weighted by molar-refractivity contribution is 7.09. The van der Waals surface area contributed by atoms with Crippen LogP contribution in [0.15, 0.2) is 11.6 Å². The zero-order valence-corrected chi connectivity index (χ0v) is 10.0. The molecular weight excluding hydrogens is 206 g/mol. The molecular formula is C11H19N3S. The Kier molecular flexibility index (Phi) is 3.72. The maximum absolute atomic E-state index is 5.96. The molecule has 0 saturated carbocycles. The third-order valence-corrected chi connectivity index (χ3v) is 3.89. The number of likely N-dealkylation sites (tertiary alicyclic amines) is 1. The molecule has 0 aliphatic carbocycles. The largest absolute Gasteiger partial charge is 0.328 e. The lowest BCUT2D eigenvalue weighted by atomic mass is 9.92. The summed E-state index contributed by atoms with van der Waals surface area (Å²) in [5, 5.41) is 3.27. The molecule has 1 saturated heterocycles. The van der Waals surface area contributed by atoms with Crippen molar-refractivity contribution in [1.29, 1.82) is 0 Å². The lowest BCUT2D eigenvalue weighted by Crippen LogP contribution is -2.41. The molecule has 2 heterocycles. The first-order valence-electron chi connectivity index (χ1n) is 5.62. The van der Waals surface area contributed by atoms with Crippen LogP contribution in [0.1, 0.15) is 24.8 Å². The second kappa shape index (κ2) is 5.05. The van der Waals surface area contributed by atoms with E-state index in [0.29, 0.717) is 12.0 Å². The lowest BCUT2D eigenvalue weighted by molar-refractivity contribution is 0.154. The first-order valence-corrected chi connectivity index (χ1v) is 6.50. The molecule has 2 unspecified atom stereocenters.